The second-order valence-corrected chi connectivity index (χ2v) is 5.84. The van der Waals surface area contributed by atoms with Gasteiger partial charge in [-0.05, 0) is 13.8 Å². The topological polar surface area (TPSA) is 62.8 Å². The first kappa shape index (κ1) is 11.3. The molecule has 14 heavy (non-hydrogen) atoms. The highest BCUT2D eigenvalue weighted by Crippen LogP contribution is 2.06. The molecule has 0 unspecified atom stereocenters. The number of nitrogens with zero attached hydrogens (tertiary/aromatic N) is 1. The van der Waals surface area contributed by atoms with Crippen molar-refractivity contribution in [2.45, 2.75) is 19.6 Å². The smallest absolute Gasteiger partial charge is 0.154 e. The average molecular weight is 232 g/mol. The standard InChI is InChI=1S/C8H12N2O2S2/c1-5-6(2)9-7(10-8(5)13)4-14(3,11)12/h4H2,1-3H3,(H,9,10,13). The van der Waals surface area contributed by atoms with Gasteiger partial charge in [0.2, 0.25) is 0 Å². The number of aromatic amines is 1. The highest BCUT2D eigenvalue weighted by molar-refractivity contribution is 7.89. The monoisotopic (exact) mass is 232 g/mol. The molecule has 4 nitrogen and oxygen atoms in total. The summed E-state index contributed by atoms with van der Waals surface area (Å²) >= 11 is 4.99. The van der Waals surface area contributed by atoms with Crippen LogP contribution in [0.4, 0.5) is 0 Å². The maximum absolute atomic E-state index is 11.0. The molecule has 0 bridgehead atoms. The second kappa shape index (κ2) is 3.78. The summed E-state index contributed by atoms with van der Waals surface area (Å²) in [7, 11) is -3.06. The second-order valence-electron chi connectivity index (χ2n) is 3.31. The number of H-pyrrole nitrogens is 1. The molecule has 0 amide bonds. The maximum atomic E-state index is 11.0. The van der Waals surface area contributed by atoms with Crippen molar-refractivity contribution in [3.8, 4) is 0 Å². The molecule has 1 aromatic rings. The van der Waals surface area contributed by atoms with Gasteiger partial charge in [-0.1, -0.05) is 12.2 Å². The van der Waals surface area contributed by atoms with E-state index in [-0.39, 0.29) is 5.75 Å². The molecule has 0 aromatic carbocycles. The Balaban J connectivity index is 3.21. The number of rotatable bonds is 2. The van der Waals surface area contributed by atoms with E-state index in [1.165, 1.54) is 6.26 Å². The van der Waals surface area contributed by atoms with Crippen LogP contribution in [-0.2, 0) is 15.6 Å². The molecule has 0 saturated carbocycles. The third-order valence-electron chi connectivity index (χ3n) is 1.85. The van der Waals surface area contributed by atoms with Crippen LogP contribution in [0.3, 0.4) is 0 Å². The van der Waals surface area contributed by atoms with Crippen LogP contribution < -0.4 is 0 Å². The van der Waals surface area contributed by atoms with Crippen LogP contribution >= 0.6 is 12.2 Å². The van der Waals surface area contributed by atoms with Crippen molar-refractivity contribution in [3.63, 3.8) is 0 Å². The van der Waals surface area contributed by atoms with Gasteiger partial charge in [-0.2, -0.15) is 0 Å². The number of aryl methyl sites for hydroxylation is 1. The minimum atomic E-state index is -3.06. The zero-order valence-electron chi connectivity index (χ0n) is 8.29. The molecule has 0 radical (unpaired) electrons. The molecular formula is C8H12N2O2S2. The Labute approximate surface area is 88.3 Å². The van der Waals surface area contributed by atoms with Gasteiger partial charge < -0.3 is 4.98 Å². The van der Waals surface area contributed by atoms with E-state index in [1.54, 1.807) is 0 Å². The predicted molar refractivity (Wildman–Crippen MR) is 57.4 cm³/mol. The maximum Gasteiger partial charge on any atom is 0.154 e. The van der Waals surface area contributed by atoms with Gasteiger partial charge in [-0.25, -0.2) is 13.4 Å². The minimum absolute atomic E-state index is 0.0994. The Kier molecular flexibility index (Phi) is 3.06. The lowest BCUT2D eigenvalue weighted by Gasteiger charge is -2.04. The summed E-state index contributed by atoms with van der Waals surface area (Å²) in [6, 6.07) is 0. The van der Waals surface area contributed by atoms with Gasteiger partial charge in [-0.3, -0.25) is 0 Å². The van der Waals surface area contributed by atoms with Gasteiger partial charge in [0.1, 0.15) is 16.2 Å². The van der Waals surface area contributed by atoms with Crippen LogP contribution in [-0.4, -0.2) is 24.6 Å². The third kappa shape index (κ3) is 2.88. The van der Waals surface area contributed by atoms with Crippen molar-refractivity contribution >= 4 is 22.1 Å². The summed E-state index contributed by atoms with van der Waals surface area (Å²) < 4.78 is 22.5. The summed E-state index contributed by atoms with van der Waals surface area (Å²) in [5, 5.41) is 0. The molecule has 1 N–H and O–H groups in total. The van der Waals surface area contributed by atoms with E-state index in [4.69, 9.17) is 12.2 Å². The number of nitrogens with one attached hydrogen (secondary N) is 1. The predicted octanol–water partition coefficient (Wildman–Crippen LogP) is 1.30. The molecular weight excluding hydrogens is 220 g/mol. The van der Waals surface area contributed by atoms with E-state index in [9.17, 15) is 8.42 Å². The minimum Gasteiger partial charge on any atom is -0.346 e. The quantitative estimate of drug-likeness (QED) is 0.781. The van der Waals surface area contributed by atoms with Gasteiger partial charge in [0.05, 0.1) is 0 Å². The van der Waals surface area contributed by atoms with Gasteiger partial charge in [-0.15, -0.1) is 0 Å². The fourth-order valence-electron chi connectivity index (χ4n) is 1.02. The lowest BCUT2D eigenvalue weighted by atomic mass is 10.3. The van der Waals surface area contributed by atoms with E-state index >= 15 is 0 Å². The van der Waals surface area contributed by atoms with Crippen LogP contribution in [0.15, 0.2) is 0 Å². The van der Waals surface area contributed by atoms with Crippen LogP contribution in [0.25, 0.3) is 0 Å². The molecule has 0 aliphatic heterocycles. The van der Waals surface area contributed by atoms with Gasteiger partial charge >= 0.3 is 0 Å². The van der Waals surface area contributed by atoms with Crippen LogP contribution in [0.2, 0.25) is 0 Å². The number of sulfone groups is 1. The number of hydrogen-bond acceptors (Lipinski definition) is 4. The van der Waals surface area contributed by atoms with Crippen LogP contribution in [0.1, 0.15) is 17.1 Å². The molecule has 0 spiro atoms. The van der Waals surface area contributed by atoms with Crippen LogP contribution in [0, 0.1) is 18.5 Å². The molecule has 0 aliphatic rings. The molecule has 0 aliphatic carbocycles. The van der Waals surface area contributed by atoms with E-state index in [1.807, 2.05) is 13.8 Å². The van der Waals surface area contributed by atoms with Crippen molar-refractivity contribution < 1.29 is 8.42 Å². The SMILES string of the molecule is Cc1[nH]c(CS(C)(=O)=O)nc(=S)c1C. The molecule has 0 atom stereocenters. The van der Waals surface area contributed by atoms with Crippen molar-refractivity contribution in [2.75, 3.05) is 6.26 Å². The summed E-state index contributed by atoms with van der Waals surface area (Å²) in [5.41, 5.74) is 1.75. The summed E-state index contributed by atoms with van der Waals surface area (Å²) in [4.78, 5) is 6.92. The van der Waals surface area contributed by atoms with Crippen molar-refractivity contribution in [2.24, 2.45) is 0 Å². The Morgan fingerprint density at radius 3 is 2.43 bits per heavy atom. The number of hydrogen-bond donors (Lipinski definition) is 1. The van der Waals surface area contributed by atoms with Crippen molar-refractivity contribution in [3.05, 3.63) is 21.7 Å². The number of aromatic nitrogens is 2. The summed E-state index contributed by atoms with van der Waals surface area (Å²) in [6.45, 7) is 3.70. The molecule has 0 fully saturated rings. The Bertz CT molecular complexity index is 503. The highest BCUT2D eigenvalue weighted by atomic mass is 32.2. The fraction of sp³-hybridized carbons (Fsp3) is 0.500. The first-order chi connectivity index (χ1) is 6.29. The lowest BCUT2D eigenvalue weighted by molar-refractivity contribution is 0.599. The van der Waals surface area contributed by atoms with Gasteiger partial charge in [0.25, 0.3) is 0 Å². The molecule has 78 valence electrons. The first-order valence-electron chi connectivity index (χ1n) is 4.04. The molecule has 1 heterocycles. The summed E-state index contributed by atoms with van der Waals surface area (Å²) in [5.74, 6) is 0.304. The Morgan fingerprint density at radius 2 is 2.00 bits per heavy atom. The largest absolute Gasteiger partial charge is 0.346 e. The average Bonchev–Trinajstić information content (AvgIpc) is 1.96. The fourth-order valence-corrected chi connectivity index (χ4v) is 1.92. The third-order valence-corrected chi connectivity index (χ3v) is 3.05. The molecule has 6 heteroatoms. The first-order valence-corrected chi connectivity index (χ1v) is 6.50. The molecule has 0 saturated heterocycles. The normalized spacial score (nSPS) is 11.6. The van der Waals surface area contributed by atoms with E-state index in [0.29, 0.717) is 10.5 Å². The van der Waals surface area contributed by atoms with E-state index in [0.717, 1.165) is 11.3 Å². The Morgan fingerprint density at radius 1 is 1.43 bits per heavy atom. The Hall–Kier alpha value is -0.750. The van der Waals surface area contributed by atoms with Gasteiger partial charge in [0.15, 0.2) is 9.84 Å². The highest BCUT2D eigenvalue weighted by Gasteiger charge is 2.07. The molecule has 1 rings (SSSR count). The lowest BCUT2D eigenvalue weighted by Crippen LogP contribution is -2.07. The van der Waals surface area contributed by atoms with E-state index < -0.39 is 9.84 Å². The summed E-state index contributed by atoms with van der Waals surface area (Å²) in [6.07, 6.45) is 1.17. The van der Waals surface area contributed by atoms with E-state index in [2.05, 4.69) is 9.97 Å². The zero-order chi connectivity index (χ0) is 10.9. The zero-order valence-corrected chi connectivity index (χ0v) is 9.92. The van der Waals surface area contributed by atoms with Crippen molar-refractivity contribution in [1.29, 1.82) is 0 Å². The van der Waals surface area contributed by atoms with Crippen LogP contribution in [0.5, 0.6) is 0 Å². The van der Waals surface area contributed by atoms with Gasteiger partial charge in [0, 0.05) is 17.5 Å². The van der Waals surface area contributed by atoms with Crippen molar-refractivity contribution in [1.82, 2.24) is 9.97 Å². The molecule has 1 aromatic heterocycles.